The highest BCUT2D eigenvalue weighted by atomic mass is 16.5. The summed E-state index contributed by atoms with van der Waals surface area (Å²) in [7, 11) is 3.71. The van der Waals surface area contributed by atoms with E-state index in [1.165, 1.54) is 0 Å². The molecule has 2 aromatic rings. The van der Waals surface area contributed by atoms with E-state index in [0.29, 0.717) is 18.2 Å². The van der Waals surface area contributed by atoms with E-state index in [1.807, 2.05) is 26.2 Å². The van der Waals surface area contributed by atoms with Crippen molar-refractivity contribution in [1.82, 2.24) is 20.3 Å². The molecular formula is C16H20N6O2. The van der Waals surface area contributed by atoms with Crippen molar-refractivity contribution in [3.8, 4) is 0 Å². The number of pyridine rings is 1. The number of nitrogens with zero attached hydrogens (tertiary/aromatic N) is 4. The minimum atomic E-state index is -0.300. The Morgan fingerprint density at radius 1 is 1.25 bits per heavy atom. The number of carbonyl (C=O) groups is 1. The molecule has 0 aromatic carbocycles. The molecule has 1 aliphatic heterocycles. The van der Waals surface area contributed by atoms with Gasteiger partial charge in [-0.1, -0.05) is 0 Å². The molecule has 0 radical (unpaired) electrons. The maximum atomic E-state index is 12.2. The fraction of sp³-hybridized carbons (Fsp3) is 0.375. The molecule has 2 N–H and O–H groups in total. The molecule has 1 saturated heterocycles. The molecule has 3 heterocycles. The lowest BCUT2D eigenvalue weighted by atomic mass is 10.0. The second-order valence-electron chi connectivity index (χ2n) is 5.73. The van der Waals surface area contributed by atoms with Crippen molar-refractivity contribution in [2.45, 2.75) is 18.6 Å². The van der Waals surface area contributed by atoms with Gasteiger partial charge in [-0.05, 0) is 24.1 Å². The number of ether oxygens (including phenoxy) is 1. The van der Waals surface area contributed by atoms with Gasteiger partial charge in [0.2, 0.25) is 5.95 Å². The number of anilines is 2. The van der Waals surface area contributed by atoms with Crippen molar-refractivity contribution in [2.24, 2.45) is 0 Å². The summed E-state index contributed by atoms with van der Waals surface area (Å²) in [6, 6.07) is 3.41. The van der Waals surface area contributed by atoms with Crippen LogP contribution in [0.4, 0.5) is 16.4 Å². The Morgan fingerprint density at radius 2 is 1.96 bits per heavy atom. The van der Waals surface area contributed by atoms with Crippen LogP contribution in [0.5, 0.6) is 0 Å². The zero-order valence-electron chi connectivity index (χ0n) is 13.6. The molecule has 0 spiro atoms. The molecule has 1 aliphatic rings. The molecule has 8 heteroatoms. The maximum absolute atomic E-state index is 12.2. The molecule has 126 valence electrons. The first-order valence-corrected chi connectivity index (χ1v) is 7.72. The Bertz CT molecular complexity index is 677. The lowest BCUT2D eigenvalue weighted by molar-refractivity contribution is 0.100. The Hall–Kier alpha value is -2.74. The monoisotopic (exact) mass is 328 g/mol. The fourth-order valence-corrected chi connectivity index (χ4v) is 2.57. The fourth-order valence-electron chi connectivity index (χ4n) is 2.57. The number of aromatic nitrogens is 3. The summed E-state index contributed by atoms with van der Waals surface area (Å²) in [6.45, 7) is 0.610. The summed E-state index contributed by atoms with van der Waals surface area (Å²) < 4.78 is 5.74. The van der Waals surface area contributed by atoms with E-state index < -0.39 is 0 Å². The minimum absolute atomic E-state index is 0.0885. The predicted molar refractivity (Wildman–Crippen MR) is 89.8 cm³/mol. The lowest BCUT2D eigenvalue weighted by Crippen LogP contribution is -2.39. The third-order valence-electron chi connectivity index (χ3n) is 3.74. The van der Waals surface area contributed by atoms with Crippen LogP contribution < -0.4 is 15.5 Å². The SMILES string of the molecule is CN(C)c1ncc(NC(=O)N[C@@H]2CCO[C@H]2c2ccncc2)cn1. The molecular weight excluding hydrogens is 308 g/mol. The smallest absolute Gasteiger partial charge is 0.319 e. The second-order valence-corrected chi connectivity index (χ2v) is 5.73. The number of carbonyl (C=O) groups excluding carboxylic acids is 1. The van der Waals surface area contributed by atoms with E-state index in [4.69, 9.17) is 4.74 Å². The Kier molecular flexibility index (Phi) is 4.85. The summed E-state index contributed by atoms with van der Waals surface area (Å²) in [6.07, 6.45) is 7.19. The molecule has 3 rings (SSSR count). The average molecular weight is 328 g/mol. The Balaban J connectivity index is 1.60. The van der Waals surface area contributed by atoms with Gasteiger partial charge in [0, 0.05) is 33.1 Å². The van der Waals surface area contributed by atoms with Gasteiger partial charge in [-0.25, -0.2) is 14.8 Å². The first-order chi connectivity index (χ1) is 11.6. The van der Waals surface area contributed by atoms with Gasteiger partial charge in [-0.3, -0.25) is 4.98 Å². The van der Waals surface area contributed by atoms with Crippen LogP contribution in [0.1, 0.15) is 18.1 Å². The molecule has 0 saturated carbocycles. The van der Waals surface area contributed by atoms with Crippen LogP contribution in [-0.2, 0) is 4.74 Å². The van der Waals surface area contributed by atoms with E-state index in [1.54, 1.807) is 29.7 Å². The van der Waals surface area contributed by atoms with Crippen molar-refractivity contribution < 1.29 is 9.53 Å². The van der Waals surface area contributed by atoms with E-state index in [0.717, 1.165) is 12.0 Å². The van der Waals surface area contributed by atoms with Gasteiger partial charge < -0.3 is 20.3 Å². The molecule has 0 bridgehead atoms. The Morgan fingerprint density at radius 3 is 2.62 bits per heavy atom. The van der Waals surface area contributed by atoms with Crippen LogP contribution in [0.3, 0.4) is 0 Å². The van der Waals surface area contributed by atoms with Crippen molar-refractivity contribution in [1.29, 1.82) is 0 Å². The number of rotatable bonds is 4. The first kappa shape index (κ1) is 16.1. The van der Waals surface area contributed by atoms with Gasteiger partial charge in [0.15, 0.2) is 0 Å². The van der Waals surface area contributed by atoms with Crippen LogP contribution in [0.15, 0.2) is 36.9 Å². The standard InChI is InChI=1S/C16H20N6O2/c1-22(2)15-18-9-12(10-19-15)20-16(23)21-13-5-8-24-14(13)11-3-6-17-7-4-11/h3-4,6-7,9-10,13-14H,5,8H2,1-2H3,(H2,20,21,23)/t13-,14+/m1/s1. The quantitative estimate of drug-likeness (QED) is 0.885. The highest BCUT2D eigenvalue weighted by Gasteiger charge is 2.30. The van der Waals surface area contributed by atoms with Crippen LogP contribution >= 0.6 is 0 Å². The highest BCUT2D eigenvalue weighted by molar-refractivity contribution is 5.89. The predicted octanol–water partition coefficient (Wildman–Crippen LogP) is 1.59. The number of nitrogens with one attached hydrogen (secondary N) is 2. The summed E-state index contributed by atoms with van der Waals surface area (Å²) in [4.78, 5) is 26.3. The van der Waals surface area contributed by atoms with Gasteiger partial charge in [0.25, 0.3) is 0 Å². The maximum Gasteiger partial charge on any atom is 0.319 e. The topological polar surface area (TPSA) is 92.3 Å². The molecule has 24 heavy (non-hydrogen) atoms. The molecule has 2 atom stereocenters. The zero-order chi connectivity index (χ0) is 16.9. The van der Waals surface area contributed by atoms with Crippen LogP contribution in [-0.4, -0.2) is 47.7 Å². The molecule has 2 amide bonds. The minimum Gasteiger partial charge on any atom is -0.371 e. The van der Waals surface area contributed by atoms with Crippen molar-refractivity contribution in [3.05, 3.63) is 42.5 Å². The van der Waals surface area contributed by atoms with E-state index in [2.05, 4.69) is 25.6 Å². The van der Waals surface area contributed by atoms with Crippen LogP contribution in [0, 0.1) is 0 Å². The lowest BCUT2D eigenvalue weighted by Gasteiger charge is -2.20. The van der Waals surface area contributed by atoms with Crippen molar-refractivity contribution in [2.75, 3.05) is 30.9 Å². The Labute approximate surface area is 140 Å². The van der Waals surface area contributed by atoms with Crippen molar-refractivity contribution in [3.63, 3.8) is 0 Å². The van der Waals surface area contributed by atoms with Gasteiger partial charge in [0.1, 0.15) is 6.10 Å². The van der Waals surface area contributed by atoms with E-state index in [9.17, 15) is 4.79 Å². The van der Waals surface area contributed by atoms with Gasteiger partial charge in [-0.15, -0.1) is 0 Å². The average Bonchev–Trinajstić information content (AvgIpc) is 3.04. The van der Waals surface area contributed by atoms with Crippen LogP contribution in [0.25, 0.3) is 0 Å². The molecule has 0 aliphatic carbocycles. The highest BCUT2D eigenvalue weighted by Crippen LogP contribution is 2.28. The van der Waals surface area contributed by atoms with Crippen molar-refractivity contribution >= 4 is 17.7 Å². The zero-order valence-corrected chi connectivity index (χ0v) is 13.6. The molecule has 0 unspecified atom stereocenters. The summed E-state index contributed by atoms with van der Waals surface area (Å²) in [5.74, 6) is 0.586. The largest absolute Gasteiger partial charge is 0.371 e. The van der Waals surface area contributed by atoms with Gasteiger partial charge in [-0.2, -0.15) is 0 Å². The number of urea groups is 1. The second kappa shape index (κ2) is 7.22. The summed E-state index contributed by atoms with van der Waals surface area (Å²) in [5, 5.41) is 5.70. The number of hydrogen-bond donors (Lipinski definition) is 2. The third-order valence-corrected chi connectivity index (χ3v) is 3.74. The van der Waals surface area contributed by atoms with E-state index in [-0.39, 0.29) is 18.2 Å². The number of amides is 2. The molecule has 8 nitrogen and oxygen atoms in total. The number of hydrogen-bond acceptors (Lipinski definition) is 6. The first-order valence-electron chi connectivity index (χ1n) is 7.72. The van der Waals surface area contributed by atoms with Gasteiger partial charge in [0.05, 0.1) is 24.1 Å². The third kappa shape index (κ3) is 3.77. The normalized spacial score (nSPS) is 19.8. The molecule has 2 aromatic heterocycles. The summed E-state index contributed by atoms with van der Waals surface area (Å²) in [5.41, 5.74) is 1.55. The van der Waals surface area contributed by atoms with E-state index >= 15 is 0 Å². The summed E-state index contributed by atoms with van der Waals surface area (Å²) >= 11 is 0. The molecule has 1 fully saturated rings. The van der Waals surface area contributed by atoms with Gasteiger partial charge >= 0.3 is 6.03 Å². The van der Waals surface area contributed by atoms with Crippen LogP contribution in [0.2, 0.25) is 0 Å².